The maximum absolute atomic E-state index is 12.4. The summed E-state index contributed by atoms with van der Waals surface area (Å²) in [5.74, 6) is -1.62. The lowest BCUT2D eigenvalue weighted by Crippen LogP contribution is -2.53. The Morgan fingerprint density at radius 1 is 1.13 bits per heavy atom. The number of carboxylic acid groups (broad SMARTS) is 1. The fourth-order valence-electron chi connectivity index (χ4n) is 3.75. The number of alkyl carbamates (subject to hydrolysis) is 1. The third kappa shape index (κ3) is 4.22. The third-order valence-electron chi connectivity index (χ3n) is 5.21. The molecular weight excluding hydrogens is 386 g/mol. The van der Waals surface area contributed by atoms with Crippen LogP contribution in [0, 0.1) is 0 Å². The van der Waals surface area contributed by atoms with Crippen molar-refractivity contribution in [2.75, 3.05) is 13.2 Å². The number of azide groups is 1. The molecule has 156 valence electrons. The van der Waals surface area contributed by atoms with E-state index in [1.165, 1.54) is 0 Å². The highest BCUT2D eigenvalue weighted by molar-refractivity contribution is 5.84. The summed E-state index contributed by atoms with van der Waals surface area (Å²) in [6.45, 7) is 0.380. The zero-order valence-corrected chi connectivity index (χ0v) is 16.3. The van der Waals surface area contributed by atoms with Gasteiger partial charge in [0.1, 0.15) is 6.61 Å². The second-order valence-electron chi connectivity index (χ2n) is 7.05. The highest BCUT2D eigenvalue weighted by Gasteiger charge is 2.40. The summed E-state index contributed by atoms with van der Waals surface area (Å²) in [5.41, 5.74) is 16.4. The van der Waals surface area contributed by atoms with Crippen LogP contribution >= 0.6 is 0 Å². The van der Waals surface area contributed by atoms with Gasteiger partial charge in [-0.25, -0.2) is 9.59 Å². The first kappa shape index (κ1) is 21.2. The summed E-state index contributed by atoms with van der Waals surface area (Å²) in [7, 11) is 0. The quantitative estimate of drug-likeness (QED) is 0.249. The van der Waals surface area contributed by atoms with Crippen LogP contribution in [0.2, 0.25) is 0 Å². The Labute approximate surface area is 173 Å². The van der Waals surface area contributed by atoms with Crippen molar-refractivity contribution in [2.24, 2.45) is 10.8 Å². The number of unbranched alkanes of at least 4 members (excludes halogenated alkanes) is 1. The first-order chi connectivity index (χ1) is 14.5. The lowest BCUT2D eigenvalue weighted by Gasteiger charge is -2.25. The Morgan fingerprint density at radius 2 is 1.73 bits per heavy atom. The Morgan fingerprint density at radius 3 is 2.27 bits per heavy atom. The number of hydrogen-bond acceptors (Lipinski definition) is 5. The number of fused-ring (bicyclic) bond motifs is 3. The van der Waals surface area contributed by atoms with Crippen molar-refractivity contribution < 1.29 is 19.4 Å². The molecule has 0 spiro atoms. The summed E-state index contributed by atoms with van der Waals surface area (Å²) >= 11 is 0. The van der Waals surface area contributed by atoms with Gasteiger partial charge >= 0.3 is 12.1 Å². The van der Waals surface area contributed by atoms with Gasteiger partial charge in [0.2, 0.25) is 5.66 Å². The summed E-state index contributed by atoms with van der Waals surface area (Å²) in [4.78, 5) is 26.8. The zero-order valence-electron chi connectivity index (χ0n) is 16.3. The molecule has 2 aromatic carbocycles. The number of benzene rings is 2. The van der Waals surface area contributed by atoms with Crippen LogP contribution in [0.25, 0.3) is 21.6 Å². The van der Waals surface area contributed by atoms with Gasteiger partial charge in [-0.3, -0.25) is 0 Å². The van der Waals surface area contributed by atoms with E-state index in [0.29, 0.717) is 19.4 Å². The summed E-state index contributed by atoms with van der Waals surface area (Å²) in [6.07, 6.45) is -0.152. The number of amides is 1. The Balaban J connectivity index is 1.74. The number of nitrogens with zero attached hydrogens (tertiary/aromatic N) is 3. The van der Waals surface area contributed by atoms with Crippen molar-refractivity contribution in [1.29, 1.82) is 0 Å². The molecule has 0 bridgehead atoms. The molecule has 0 saturated carbocycles. The number of carboxylic acids is 1. The number of nitrogens with two attached hydrogens (primary N) is 1. The molecule has 1 aliphatic carbocycles. The van der Waals surface area contributed by atoms with E-state index in [1.54, 1.807) is 0 Å². The van der Waals surface area contributed by atoms with E-state index in [-0.39, 0.29) is 18.9 Å². The molecule has 0 heterocycles. The van der Waals surface area contributed by atoms with Gasteiger partial charge in [0.15, 0.2) is 0 Å². The fourth-order valence-corrected chi connectivity index (χ4v) is 3.75. The van der Waals surface area contributed by atoms with Gasteiger partial charge in [-0.05, 0) is 53.6 Å². The van der Waals surface area contributed by atoms with Crippen LogP contribution in [0.3, 0.4) is 0 Å². The molecular formula is C21H23N5O4. The zero-order chi connectivity index (χ0) is 21.6. The predicted molar refractivity (Wildman–Crippen MR) is 111 cm³/mol. The Bertz CT molecular complexity index is 939. The van der Waals surface area contributed by atoms with Crippen molar-refractivity contribution >= 4 is 12.1 Å². The summed E-state index contributed by atoms with van der Waals surface area (Å²) in [6, 6.07) is 15.7. The van der Waals surface area contributed by atoms with Crippen LogP contribution in [-0.4, -0.2) is 36.0 Å². The number of ether oxygens (including phenoxy) is 1. The van der Waals surface area contributed by atoms with Gasteiger partial charge in [0.25, 0.3) is 0 Å². The van der Waals surface area contributed by atoms with Crippen molar-refractivity contribution in [3.63, 3.8) is 0 Å². The predicted octanol–water partition coefficient (Wildman–Crippen LogP) is 3.75. The molecule has 0 aliphatic heterocycles. The van der Waals surface area contributed by atoms with Crippen LogP contribution in [0.5, 0.6) is 0 Å². The minimum atomic E-state index is -2.12. The lowest BCUT2D eigenvalue weighted by molar-refractivity contribution is -0.144. The molecule has 1 aliphatic rings. The highest BCUT2D eigenvalue weighted by Crippen LogP contribution is 2.44. The topological polar surface area (TPSA) is 150 Å². The third-order valence-corrected chi connectivity index (χ3v) is 5.21. The van der Waals surface area contributed by atoms with E-state index in [9.17, 15) is 14.7 Å². The molecule has 1 amide bonds. The fraction of sp³-hybridized carbons (Fsp3) is 0.333. The number of nitrogens with one attached hydrogen (secondary N) is 1. The molecule has 0 aromatic heterocycles. The first-order valence-corrected chi connectivity index (χ1v) is 9.65. The van der Waals surface area contributed by atoms with Gasteiger partial charge in [0.05, 0.1) is 0 Å². The molecule has 4 N–H and O–H groups in total. The van der Waals surface area contributed by atoms with Gasteiger partial charge in [-0.15, -0.1) is 0 Å². The van der Waals surface area contributed by atoms with Crippen LogP contribution in [-0.2, 0) is 9.53 Å². The molecule has 1 atom stereocenters. The van der Waals surface area contributed by atoms with E-state index in [2.05, 4.69) is 15.3 Å². The van der Waals surface area contributed by atoms with Crippen molar-refractivity contribution in [2.45, 2.75) is 30.8 Å². The minimum Gasteiger partial charge on any atom is -0.479 e. The van der Waals surface area contributed by atoms with Gasteiger partial charge in [0, 0.05) is 10.8 Å². The monoisotopic (exact) mass is 409 g/mol. The van der Waals surface area contributed by atoms with E-state index in [4.69, 9.17) is 16.0 Å². The van der Waals surface area contributed by atoms with Crippen LogP contribution in [0.15, 0.2) is 53.6 Å². The minimum absolute atomic E-state index is 0.0224. The number of rotatable bonds is 9. The number of carbonyl (C=O) groups is 2. The van der Waals surface area contributed by atoms with Crippen LogP contribution in [0.1, 0.15) is 36.3 Å². The molecule has 0 fully saturated rings. The maximum atomic E-state index is 12.4. The molecule has 0 radical (unpaired) electrons. The molecule has 30 heavy (non-hydrogen) atoms. The molecule has 9 nitrogen and oxygen atoms in total. The molecule has 0 unspecified atom stereocenters. The second-order valence-corrected chi connectivity index (χ2v) is 7.05. The normalized spacial score (nSPS) is 14.0. The first-order valence-electron chi connectivity index (χ1n) is 9.65. The van der Waals surface area contributed by atoms with Gasteiger partial charge in [-0.2, -0.15) is 0 Å². The van der Waals surface area contributed by atoms with E-state index in [0.717, 1.165) is 22.3 Å². The van der Waals surface area contributed by atoms with Crippen molar-refractivity contribution in [3.8, 4) is 11.1 Å². The van der Waals surface area contributed by atoms with Crippen molar-refractivity contribution in [1.82, 2.24) is 5.32 Å². The molecule has 0 saturated heterocycles. The van der Waals surface area contributed by atoms with E-state index < -0.39 is 17.7 Å². The lowest BCUT2D eigenvalue weighted by atomic mass is 9.98. The SMILES string of the molecule is [N-]=[N+]=N[C@@](CCCCN)(NC(=O)OCC1c2ccccc2-c2ccccc21)C(=O)O. The summed E-state index contributed by atoms with van der Waals surface area (Å²) in [5, 5.41) is 15.2. The molecule has 2 aromatic rings. The Hall–Kier alpha value is -3.55. The molecule has 3 rings (SSSR count). The summed E-state index contributed by atoms with van der Waals surface area (Å²) < 4.78 is 5.38. The average molecular weight is 409 g/mol. The number of carbonyl (C=O) groups excluding carboxylic acids is 1. The van der Waals surface area contributed by atoms with Gasteiger partial charge < -0.3 is 20.9 Å². The standard InChI is InChI=1S/C21H23N5O4/c22-12-6-5-11-21(19(27)28,25-26-23)24-20(29)30-13-18-16-9-3-1-7-14(16)15-8-2-4-10-17(15)18/h1-4,7-10,18H,5-6,11-13,22H2,(H,24,29)(H,27,28)/t21-/m1/s1. The smallest absolute Gasteiger partial charge is 0.408 e. The number of hydrogen-bond donors (Lipinski definition) is 3. The number of aliphatic carboxylic acids is 1. The van der Waals surface area contributed by atoms with Crippen molar-refractivity contribution in [3.05, 3.63) is 70.1 Å². The highest BCUT2D eigenvalue weighted by atomic mass is 16.5. The maximum Gasteiger partial charge on any atom is 0.408 e. The average Bonchev–Trinajstić information content (AvgIpc) is 3.06. The van der Waals surface area contributed by atoms with Gasteiger partial charge in [-0.1, -0.05) is 53.6 Å². The van der Waals surface area contributed by atoms with E-state index in [1.807, 2.05) is 48.5 Å². The van der Waals surface area contributed by atoms with Crippen LogP contribution in [0.4, 0.5) is 4.79 Å². The van der Waals surface area contributed by atoms with Crippen LogP contribution < -0.4 is 11.1 Å². The Kier molecular flexibility index (Phi) is 6.56. The molecule has 9 heteroatoms. The van der Waals surface area contributed by atoms with E-state index >= 15 is 0 Å². The second kappa shape index (κ2) is 9.30. The largest absolute Gasteiger partial charge is 0.479 e.